The Balaban J connectivity index is 2.16. The molecule has 0 amide bonds. The highest BCUT2D eigenvalue weighted by Crippen LogP contribution is 2.17. The van der Waals surface area contributed by atoms with Crippen LogP contribution in [0, 0.1) is 0 Å². The minimum absolute atomic E-state index is 0.103. The Kier molecular flexibility index (Phi) is 2.93. The largest absolute Gasteiger partial charge is 0.295 e. The molecule has 1 aromatic rings. The summed E-state index contributed by atoms with van der Waals surface area (Å²) in [5, 5.41) is -0.118. The van der Waals surface area contributed by atoms with Crippen molar-refractivity contribution in [3.05, 3.63) is 30.1 Å². The van der Waals surface area contributed by atoms with Crippen molar-refractivity contribution in [2.24, 2.45) is 4.99 Å². The van der Waals surface area contributed by atoms with Crippen molar-refractivity contribution in [3.8, 4) is 0 Å². The van der Waals surface area contributed by atoms with Crippen molar-refractivity contribution in [2.75, 3.05) is 12.3 Å². The predicted molar refractivity (Wildman–Crippen MR) is 58.2 cm³/mol. The number of carbonyl (C=O) groups excluding carboxylic acids is 1. The van der Waals surface area contributed by atoms with Gasteiger partial charge in [-0.1, -0.05) is 0 Å². The highest BCUT2D eigenvalue weighted by atomic mass is 32.2. The van der Waals surface area contributed by atoms with E-state index in [1.807, 2.05) is 0 Å². The number of aliphatic imine (C=N–C) groups is 1. The second kappa shape index (κ2) is 4.37. The maximum atomic E-state index is 11.8. The smallest absolute Gasteiger partial charge is 0.182 e. The maximum Gasteiger partial charge on any atom is 0.182 e. The van der Waals surface area contributed by atoms with E-state index < -0.39 is 0 Å². The van der Waals surface area contributed by atoms with Crippen LogP contribution in [0.15, 0.2) is 29.5 Å². The zero-order chi connectivity index (χ0) is 9.80. The predicted octanol–water partition coefficient (Wildman–Crippen LogP) is 1.45. The Labute approximate surface area is 86.6 Å². The first-order chi connectivity index (χ1) is 6.88. The van der Waals surface area contributed by atoms with Crippen LogP contribution in [0.5, 0.6) is 0 Å². The van der Waals surface area contributed by atoms with Gasteiger partial charge in [-0.05, 0) is 12.1 Å². The number of carbonyl (C=O) groups is 1. The number of Topliss-reactive ketones (excluding diaryl/α,β-unsaturated/α-hetero) is 1. The van der Waals surface area contributed by atoms with Crippen molar-refractivity contribution >= 4 is 23.8 Å². The highest BCUT2D eigenvalue weighted by molar-refractivity contribution is 8.01. The van der Waals surface area contributed by atoms with Gasteiger partial charge in [0.15, 0.2) is 5.78 Å². The minimum atomic E-state index is -0.118. The summed E-state index contributed by atoms with van der Waals surface area (Å²) >= 11 is 1.64. The minimum Gasteiger partial charge on any atom is -0.295 e. The third-order valence-corrected chi connectivity index (χ3v) is 3.08. The fraction of sp³-hybridized carbons (Fsp3) is 0.300. The third-order valence-electron chi connectivity index (χ3n) is 1.96. The summed E-state index contributed by atoms with van der Waals surface area (Å²) in [6.45, 7) is 0.821. The summed E-state index contributed by atoms with van der Waals surface area (Å²) in [5.74, 6) is 1.03. The van der Waals surface area contributed by atoms with E-state index in [0.29, 0.717) is 5.56 Å². The van der Waals surface area contributed by atoms with Crippen LogP contribution in [-0.2, 0) is 0 Å². The van der Waals surface area contributed by atoms with E-state index >= 15 is 0 Å². The number of rotatable bonds is 2. The number of hydrogen-bond acceptors (Lipinski definition) is 4. The molecule has 0 bridgehead atoms. The molecule has 0 saturated heterocycles. The zero-order valence-electron chi connectivity index (χ0n) is 7.59. The van der Waals surface area contributed by atoms with Gasteiger partial charge in [0.05, 0.1) is 0 Å². The molecule has 0 aliphatic carbocycles. The van der Waals surface area contributed by atoms with Crippen LogP contribution >= 0.6 is 11.8 Å². The average molecular weight is 206 g/mol. The zero-order valence-corrected chi connectivity index (χ0v) is 8.41. The SMILES string of the molecule is O=C(c1cccnc1)C1C=NCCS1. The topological polar surface area (TPSA) is 42.3 Å². The summed E-state index contributed by atoms with van der Waals surface area (Å²) in [6.07, 6.45) is 5.01. The molecule has 0 fully saturated rings. The lowest BCUT2D eigenvalue weighted by molar-refractivity contribution is 0.101. The summed E-state index contributed by atoms with van der Waals surface area (Å²) in [4.78, 5) is 19.9. The molecule has 1 aliphatic heterocycles. The standard InChI is InChI=1S/C10H10N2OS/c13-10(8-2-1-3-11-6-8)9-7-12-4-5-14-9/h1-3,6-7,9H,4-5H2. The molecule has 0 N–H and O–H groups in total. The lowest BCUT2D eigenvalue weighted by Crippen LogP contribution is -2.22. The van der Waals surface area contributed by atoms with Gasteiger partial charge in [-0.15, -0.1) is 11.8 Å². The van der Waals surface area contributed by atoms with E-state index in [9.17, 15) is 4.79 Å². The van der Waals surface area contributed by atoms with Gasteiger partial charge in [-0.3, -0.25) is 14.8 Å². The molecule has 1 unspecified atom stereocenters. The molecule has 0 spiro atoms. The van der Waals surface area contributed by atoms with Crippen LogP contribution in [-0.4, -0.2) is 34.5 Å². The summed E-state index contributed by atoms with van der Waals surface area (Å²) < 4.78 is 0. The Morgan fingerprint density at radius 3 is 3.14 bits per heavy atom. The van der Waals surface area contributed by atoms with Crippen molar-refractivity contribution < 1.29 is 4.79 Å². The lowest BCUT2D eigenvalue weighted by Gasteiger charge is -2.13. The summed E-state index contributed by atoms with van der Waals surface area (Å²) in [7, 11) is 0. The number of pyridine rings is 1. The molecule has 1 aliphatic rings. The molecule has 3 nitrogen and oxygen atoms in total. The second-order valence-corrected chi connectivity index (χ2v) is 4.20. The Hall–Kier alpha value is -1.16. The van der Waals surface area contributed by atoms with E-state index in [1.54, 1.807) is 42.5 Å². The quantitative estimate of drug-likeness (QED) is 0.688. The third kappa shape index (κ3) is 2.01. The van der Waals surface area contributed by atoms with Gasteiger partial charge >= 0.3 is 0 Å². The molecule has 0 saturated carbocycles. The van der Waals surface area contributed by atoms with Gasteiger partial charge in [0.1, 0.15) is 5.25 Å². The molecular formula is C10H10N2OS. The van der Waals surface area contributed by atoms with Gasteiger partial charge in [-0.2, -0.15) is 0 Å². The maximum absolute atomic E-state index is 11.8. The van der Waals surface area contributed by atoms with Crippen molar-refractivity contribution in [1.82, 2.24) is 4.98 Å². The van der Waals surface area contributed by atoms with Gasteiger partial charge < -0.3 is 0 Å². The average Bonchev–Trinajstić information content (AvgIpc) is 2.30. The van der Waals surface area contributed by atoms with E-state index in [2.05, 4.69) is 9.98 Å². The van der Waals surface area contributed by atoms with Gasteiger partial charge in [0.2, 0.25) is 0 Å². The second-order valence-electron chi connectivity index (χ2n) is 2.95. The Morgan fingerprint density at radius 2 is 2.50 bits per heavy atom. The van der Waals surface area contributed by atoms with Crippen LogP contribution in [0.2, 0.25) is 0 Å². The van der Waals surface area contributed by atoms with Crippen LogP contribution < -0.4 is 0 Å². The molecule has 1 atom stereocenters. The first-order valence-electron chi connectivity index (χ1n) is 4.44. The van der Waals surface area contributed by atoms with E-state index in [0.717, 1.165) is 12.3 Å². The molecule has 2 rings (SSSR count). The number of hydrogen-bond donors (Lipinski definition) is 0. The van der Waals surface area contributed by atoms with Crippen LogP contribution in [0.3, 0.4) is 0 Å². The molecule has 72 valence electrons. The van der Waals surface area contributed by atoms with E-state index in [-0.39, 0.29) is 11.0 Å². The number of thioether (sulfide) groups is 1. The fourth-order valence-electron chi connectivity index (χ4n) is 1.26. The molecule has 4 heteroatoms. The molecular weight excluding hydrogens is 196 g/mol. The molecule has 0 radical (unpaired) electrons. The van der Waals surface area contributed by atoms with Crippen LogP contribution in [0.4, 0.5) is 0 Å². The van der Waals surface area contributed by atoms with Crippen molar-refractivity contribution in [3.63, 3.8) is 0 Å². The molecule has 14 heavy (non-hydrogen) atoms. The first-order valence-corrected chi connectivity index (χ1v) is 5.48. The number of aromatic nitrogens is 1. The van der Waals surface area contributed by atoms with Crippen molar-refractivity contribution in [1.29, 1.82) is 0 Å². The van der Waals surface area contributed by atoms with Gasteiger partial charge in [-0.25, -0.2) is 0 Å². The first kappa shape index (κ1) is 9.40. The molecule has 0 aromatic carbocycles. The highest BCUT2D eigenvalue weighted by Gasteiger charge is 2.20. The van der Waals surface area contributed by atoms with Gasteiger partial charge in [0.25, 0.3) is 0 Å². The summed E-state index contributed by atoms with van der Waals surface area (Å²) in [5.41, 5.74) is 0.665. The van der Waals surface area contributed by atoms with Gasteiger partial charge in [0, 0.05) is 36.5 Å². The summed E-state index contributed by atoms with van der Waals surface area (Å²) in [6, 6.07) is 3.57. The molecule has 1 aromatic heterocycles. The lowest BCUT2D eigenvalue weighted by atomic mass is 10.1. The Morgan fingerprint density at radius 1 is 1.57 bits per heavy atom. The fourth-order valence-corrected chi connectivity index (χ4v) is 2.19. The number of ketones is 1. The normalized spacial score (nSPS) is 20.7. The Bertz CT molecular complexity index is 350. The van der Waals surface area contributed by atoms with Crippen LogP contribution in [0.25, 0.3) is 0 Å². The van der Waals surface area contributed by atoms with Crippen molar-refractivity contribution in [2.45, 2.75) is 5.25 Å². The van der Waals surface area contributed by atoms with Crippen LogP contribution in [0.1, 0.15) is 10.4 Å². The molecule has 2 heterocycles. The van der Waals surface area contributed by atoms with E-state index in [4.69, 9.17) is 0 Å². The van der Waals surface area contributed by atoms with E-state index in [1.165, 1.54) is 0 Å². The monoisotopic (exact) mass is 206 g/mol. The number of nitrogens with zero attached hydrogens (tertiary/aromatic N) is 2.